The molecule has 0 saturated heterocycles. The van der Waals surface area contributed by atoms with E-state index in [1.165, 1.54) is 6.26 Å². The van der Waals surface area contributed by atoms with Gasteiger partial charge in [0.15, 0.2) is 9.84 Å². The van der Waals surface area contributed by atoms with Crippen LogP contribution in [0.15, 0.2) is 47.5 Å². The van der Waals surface area contributed by atoms with Gasteiger partial charge in [-0.05, 0) is 29.8 Å². The lowest BCUT2D eigenvalue weighted by Crippen LogP contribution is -1.97. The molecule has 1 heterocycles. The van der Waals surface area contributed by atoms with Gasteiger partial charge in [0.05, 0.1) is 4.90 Å². The van der Waals surface area contributed by atoms with E-state index in [0.29, 0.717) is 10.7 Å². The van der Waals surface area contributed by atoms with Gasteiger partial charge in [0.1, 0.15) is 5.82 Å². The third kappa shape index (κ3) is 2.45. The molecule has 0 bridgehead atoms. The number of nitrogens with zero attached hydrogens (tertiary/aromatic N) is 1. The Morgan fingerprint density at radius 2 is 1.76 bits per heavy atom. The van der Waals surface area contributed by atoms with Crippen LogP contribution >= 0.6 is 0 Å². The van der Waals surface area contributed by atoms with Gasteiger partial charge in [-0.3, -0.25) is 0 Å². The fraction of sp³-hybridized carbons (Fsp3) is 0.0833. The monoisotopic (exact) mass is 248 g/mol. The molecule has 0 aliphatic rings. The highest BCUT2D eigenvalue weighted by Crippen LogP contribution is 2.24. The van der Waals surface area contributed by atoms with E-state index in [0.717, 1.165) is 11.1 Å². The number of hydrogen-bond acceptors (Lipinski definition) is 4. The molecule has 2 aromatic rings. The first-order valence-corrected chi connectivity index (χ1v) is 6.88. The molecule has 2 rings (SSSR count). The molecule has 0 saturated carbocycles. The molecule has 0 aliphatic carbocycles. The lowest BCUT2D eigenvalue weighted by Gasteiger charge is -2.05. The van der Waals surface area contributed by atoms with Crippen LogP contribution < -0.4 is 5.73 Å². The molecule has 0 amide bonds. The number of hydrogen-bond donors (Lipinski definition) is 1. The summed E-state index contributed by atoms with van der Waals surface area (Å²) in [6, 6.07) is 10.2. The van der Waals surface area contributed by atoms with Gasteiger partial charge >= 0.3 is 0 Å². The van der Waals surface area contributed by atoms with Crippen LogP contribution in [-0.4, -0.2) is 19.7 Å². The maximum atomic E-state index is 11.3. The van der Waals surface area contributed by atoms with Crippen molar-refractivity contribution >= 4 is 15.7 Å². The van der Waals surface area contributed by atoms with E-state index in [1.54, 1.807) is 36.5 Å². The number of pyridine rings is 1. The lowest BCUT2D eigenvalue weighted by molar-refractivity contribution is 0.602. The molecular weight excluding hydrogens is 236 g/mol. The molecule has 17 heavy (non-hydrogen) atoms. The Balaban J connectivity index is 2.47. The first-order valence-electron chi connectivity index (χ1n) is 4.99. The van der Waals surface area contributed by atoms with Crippen molar-refractivity contribution in [1.29, 1.82) is 0 Å². The van der Waals surface area contributed by atoms with Crippen molar-refractivity contribution < 1.29 is 8.42 Å². The molecule has 1 aromatic heterocycles. The summed E-state index contributed by atoms with van der Waals surface area (Å²) < 4.78 is 22.6. The lowest BCUT2D eigenvalue weighted by atomic mass is 10.1. The van der Waals surface area contributed by atoms with Crippen LogP contribution in [0.5, 0.6) is 0 Å². The fourth-order valence-electron chi connectivity index (χ4n) is 1.54. The largest absolute Gasteiger partial charge is 0.383 e. The highest BCUT2D eigenvalue weighted by atomic mass is 32.2. The number of nitrogens with two attached hydrogens (primary N) is 1. The molecule has 0 fully saturated rings. The molecular formula is C12H12N2O2S. The molecule has 0 radical (unpaired) electrons. The van der Waals surface area contributed by atoms with Crippen LogP contribution in [0.25, 0.3) is 11.1 Å². The molecule has 5 heteroatoms. The molecule has 0 unspecified atom stereocenters. The van der Waals surface area contributed by atoms with Crippen molar-refractivity contribution in [3.05, 3.63) is 42.6 Å². The molecule has 2 N–H and O–H groups in total. The summed E-state index contributed by atoms with van der Waals surface area (Å²) >= 11 is 0. The number of rotatable bonds is 2. The van der Waals surface area contributed by atoms with E-state index in [2.05, 4.69) is 4.98 Å². The summed E-state index contributed by atoms with van der Waals surface area (Å²) in [4.78, 5) is 4.28. The van der Waals surface area contributed by atoms with Crippen LogP contribution in [0.3, 0.4) is 0 Å². The SMILES string of the molecule is CS(=O)(=O)c1ccc(-c2cccnc2N)cc1. The fourth-order valence-corrected chi connectivity index (χ4v) is 2.17. The zero-order chi connectivity index (χ0) is 12.5. The quantitative estimate of drug-likeness (QED) is 0.878. The van der Waals surface area contributed by atoms with E-state index < -0.39 is 9.84 Å². The summed E-state index contributed by atoms with van der Waals surface area (Å²) in [7, 11) is -3.16. The maximum Gasteiger partial charge on any atom is 0.175 e. The minimum absolute atomic E-state index is 0.295. The Hall–Kier alpha value is -1.88. The Kier molecular flexibility index (Phi) is 2.85. The zero-order valence-electron chi connectivity index (χ0n) is 9.29. The van der Waals surface area contributed by atoms with Crippen molar-refractivity contribution in [3.63, 3.8) is 0 Å². The normalized spacial score (nSPS) is 11.4. The molecule has 1 aromatic carbocycles. The summed E-state index contributed by atoms with van der Waals surface area (Å²) in [6.07, 6.45) is 2.80. The number of benzene rings is 1. The predicted molar refractivity (Wildman–Crippen MR) is 67.2 cm³/mol. The van der Waals surface area contributed by atoms with Crippen LogP contribution in [0.2, 0.25) is 0 Å². The van der Waals surface area contributed by atoms with Gasteiger partial charge in [-0.15, -0.1) is 0 Å². The second-order valence-electron chi connectivity index (χ2n) is 3.73. The van der Waals surface area contributed by atoms with Gasteiger partial charge < -0.3 is 5.73 Å². The van der Waals surface area contributed by atoms with Gasteiger partial charge in [-0.25, -0.2) is 13.4 Å². The average molecular weight is 248 g/mol. The maximum absolute atomic E-state index is 11.3. The van der Waals surface area contributed by atoms with Gasteiger partial charge in [0, 0.05) is 18.0 Å². The second-order valence-corrected chi connectivity index (χ2v) is 5.75. The summed E-state index contributed by atoms with van der Waals surface area (Å²) in [6.45, 7) is 0. The Labute approximate surface area is 100 Å². The van der Waals surface area contributed by atoms with Crippen molar-refractivity contribution in [2.75, 3.05) is 12.0 Å². The summed E-state index contributed by atoms with van der Waals surface area (Å²) in [5.74, 6) is 0.430. The van der Waals surface area contributed by atoms with Crippen molar-refractivity contribution in [1.82, 2.24) is 4.98 Å². The second kappa shape index (κ2) is 4.18. The van der Waals surface area contributed by atoms with Gasteiger partial charge in [-0.2, -0.15) is 0 Å². The van der Waals surface area contributed by atoms with Crippen molar-refractivity contribution in [3.8, 4) is 11.1 Å². The van der Waals surface area contributed by atoms with Crippen LogP contribution in [0.4, 0.5) is 5.82 Å². The number of nitrogen functional groups attached to an aromatic ring is 1. The van der Waals surface area contributed by atoms with E-state index in [1.807, 2.05) is 6.07 Å². The molecule has 0 aliphatic heterocycles. The standard InChI is InChI=1S/C12H12N2O2S/c1-17(15,16)10-6-4-9(5-7-10)11-3-2-8-14-12(11)13/h2-8H,1H3,(H2,13,14). The van der Waals surface area contributed by atoms with Gasteiger partial charge in [0.2, 0.25) is 0 Å². The predicted octanol–water partition coefficient (Wildman–Crippen LogP) is 1.73. The van der Waals surface area contributed by atoms with Gasteiger partial charge in [0.25, 0.3) is 0 Å². The van der Waals surface area contributed by atoms with Crippen molar-refractivity contribution in [2.24, 2.45) is 0 Å². The molecule has 0 spiro atoms. The van der Waals surface area contributed by atoms with E-state index in [4.69, 9.17) is 5.73 Å². The van der Waals surface area contributed by atoms with E-state index >= 15 is 0 Å². The first kappa shape index (κ1) is 11.6. The van der Waals surface area contributed by atoms with Crippen LogP contribution in [0.1, 0.15) is 0 Å². The average Bonchev–Trinajstić information content (AvgIpc) is 2.29. The third-order valence-electron chi connectivity index (χ3n) is 2.43. The Morgan fingerprint density at radius 1 is 1.12 bits per heavy atom. The van der Waals surface area contributed by atoms with Crippen molar-refractivity contribution in [2.45, 2.75) is 4.90 Å². The molecule has 88 valence electrons. The minimum Gasteiger partial charge on any atom is -0.383 e. The summed E-state index contributed by atoms with van der Waals surface area (Å²) in [5.41, 5.74) is 7.40. The Morgan fingerprint density at radius 3 is 2.29 bits per heavy atom. The van der Waals surface area contributed by atoms with Crippen LogP contribution in [0, 0.1) is 0 Å². The molecule has 0 atom stereocenters. The third-order valence-corrected chi connectivity index (χ3v) is 3.56. The Bertz CT molecular complexity index is 634. The number of anilines is 1. The number of aromatic nitrogens is 1. The highest BCUT2D eigenvalue weighted by molar-refractivity contribution is 7.90. The highest BCUT2D eigenvalue weighted by Gasteiger charge is 2.08. The number of sulfone groups is 1. The van der Waals surface area contributed by atoms with E-state index in [-0.39, 0.29) is 0 Å². The molecule has 4 nitrogen and oxygen atoms in total. The van der Waals surface area contributed by atoms with E-state index in [9.17, 15) is 8.42 Å². The smallest absolute Gasteiger partial charge is 0.175 e. The van der Waals surface area contributed by atoms with Gasteiger partial charge in [-0.1, -0.05) is 12.1 Å². The minimum atomic E-state index is -3.16. The topological polar surface area (TPSA) is 73.0 Å². The zero-order valence-corrected chi connectivity index (χ0v) is 10.1. The van der Waals surface area contributed by atoms with Crippen LogP contribution in [-0.2, 0) is 9.84 Å². The summed E-state index contributed by atoms with van der Waals surface area (Å²) in [5, 5.41) is 0. The first-order chi connectivity index (χ1) is 7.98.